The van der Waals surface area contributed by atoms with Crippen molar-refractivity contribution in [3.8, 4) is 0 Å². The molecule has 0 rings (SSSR count). The molecular weight excluding hydrogens is 151 g/mol. The molecule has 0 fully saturated rings. The lowest BCUT2D eigenvalue weighted by molar-refractivity contribution is -0.310. The fourth-order valence-corrected chi connectivity index (χ4v) is 0. The lowest BCUT2D eigenvalue weighted by Crippen LogP contribution is -2.27. The molecule has 0 amide bonds. The minimum absolute atomic E-state index is 0. The van der Waals surface area contributed by atoms with E-state index in [0.717, 1.165) is 0 Å². The summed E-state index contributed by atoms with van der Waals surface area (Å²) in [6.07, 6.45) is 0. The van der Waals surface area contributed by atoms with Crippen LogP contribution in [0.2, 0.25) is 0 Å². The minimum Gasteiger partial charge on any atom is -0.550 e. The number of carboxylic acids is 1. The van der Waals surface area contributed by atoms with E-state index in [1.165, 1.54) is 0 Å². The van der Waals surface area contributed by atoms with Crippen molar-refractivity contribution >= 4 is 30.8 Å². The van der Waals surface area contributed by atoms with Crippen LogP contribution in [0.25, 0.3) is 0 Å². The van der Waals surface area contributed by atoms with Crippen LogP contribution in [0.1, 0.15) is 13.8 Å². The summed E-state index contributed by atoms with van der Waals surface area (Å²) in [5, 5.41) is 9.59. The lowest BCUT2D eigenvalue weighted by Gasteiger charge is -2.01. The van der Waals surface area contributed by atoms with Crippen LogP contribution in [0.5, 0.6) is 0 Å². The lowest BCUT2D eigenvalue weighted by atomic mass is 10.2. The Kier molecular flexibility index (Phi) is 13.8. The van der Waals surface area contributed by atoms with Crippen LogP contribution in [0, 0.1) is 5.92 Å². The van der Waals surface area contributed by atoms with Gasteiger partial charge in [-0.2, -0.15) is 0 Å². The largest absolute Gasteiger partial charge is 0.550 e. The highest BCUT2D eigenvalue weighted by Gasteiger charge is 1.87. The zero-order valence-electron chi connectivity index (χ0n) is 4.71. The van der Waals surface area contributed by atoms with E-state index in [-0.39, 0.29) is 30.7 Å². The number of carboxylic acid groups (broad SMARTS) is 1. The first kappa shape index (κ1) is 15.7. The number of hydrogen-bond acceptors (Lipinski definition) is 2. The maximum Gasteiger partial charge on any atom is 0.0439 e. The fourth-order valence-electron chi connectivity index (χ4n) is 0. The first-order chi connectivity index (χ1) is 2.64. The smallest absolute Gasteiger partial charge is 0.0439 e. The Hall–Kier alpha value is 0.0500. The van der Waals surface area contributed by atoms with Crippen molar-refractivity contribution < 1.29 is 9.90 Å². The third-order valence-electron chi connectivity index (χ3n) is 0.471. The molecule has 8 heavy (non-hydrogen) atoms. The molecule has 4 heteroatoms. The van der Waals surface area contributed by atoms with E-state index in [2.05, 4.69) is 0 Å². The van der Waals surface area contributed by atoms with Crippen molar-refractivity contribution in [2.45, 2.75) is 13.8 Å². The molecule has 52 valence electrons. The molecular formula is C4H9Cl2O2-. The summed E-state index contributed by atoms with van der Waals surface area (Å²) in [4.78, 5) is 9.59. The van der Waals surface area contributed by atoms with Gasteiger partial charge in [0.05, 0.1) is 0 Å². The van der Waals surface area contributed by atoms with Gasteiger partial charge < -0.3 is 9.90 Å². The third kappa shape index (κ3) is 9.41. The summed E-state index contributed by atoms with van der Waals surface area (Å²) in [7, 11) is 0. The Morgan fingerprint density at radius 2 is 1.50 bits per heavy atom. The van der Waals surface area contributed by atoms with Gasteiger partial charge in [0.15, 0.2) is 0 Å². The van der Waals surface area contributed by atoms with E-state index in [9.17, 15) is 9.90 Å². The van der Waals surface area contributed by atoms with Crippen molar-refractivity contribution in [2.24, 2.45) is 5.92 Å². The van der Waals surface area contributed by atoms with Gasteiger partial charge in [-0.1, -0.05) is 13.8 Å². The Morgan fingerprint density at radius 3 is 1.50 bits per heavy atom. The number of rotatable bonds is 1. The van der Waals surface area contributed by atoms with Crippen molar-refractivity contribution in [3.63, 3.8) is 0 Å². The van der Waals surface area contributed by atoms with Crippen LogP contribution in [-0.4, -0.2) is 5.97 Å². The molecule has 0 radical (unpaired) electrons. The van der Waals surface area contributed by atoms with Crippen LogP contribution in [0.3, 0.4) is 0 Å². The molecule has 0 atom stereocenters. The van der Waals surface area contributed by atoms with Gasteiger partial charge in [-0.15, -0.1) is 24.8 Å². The van der Waals surface area contributed by atoms with E-state index in [1.54, 1.807) is 13.8 Å². The summed E-state index contributed by atoms with van der Waals surface area (Å²) < 4.78 is 0. The summed E-state index contributed by atoms with van der Waals surface area (Å²) in [6.45, 7) is 3.16. The van der Waals surface area contributed by atoms with E-state index in [0.29, 0.717) is 0 Å². The van der Waals surface area contributed by atoms with E-state index in [1.807, 2.05) is 0 Å². The topological polar surface area (TPSA) is 40.1 Å². The summed E-state index contributed by atoms with van der Waals surface area (Å²) in [5.41, 5.74) is 0. The Labute approximate surface area is 61.1 Å². The molecule has 0 saturated heterocycles. The van der Waals surface area contributed by atoms with Gasteiger partial charge in [-0.25, -0.2) is 0 Å². The van der Waals surface area contributed by atoms with Crippen LogP contribution < -0.4 is 5.11 Å². The average Bonchev–Trinajstić information content (AvgIpc) is 1.36. The molecule has 0 aromatic rings. The number of carbonyl (C=O) groups is 1. The highest BCUT2D eigenvalue weighted by molar-refractivity contribution is 5.85. The summed E-state index contributed by atoms with van der Waals surface area (Å²) in [5.74, 6) is -1.33. The number of hydrogen-bond donors (Lipinski definition) is 0. The average molecular weight is 160 g/mol. The number of halogens is 2. The van der Waals surface area contributed by atoms with Gasteiger partial charge in [-0.05, 0) is 5.92 Å². The predicted octanol–water partition coefficient (Wildman–Crippen LogP) is 0.236. The molecule has 0 N–H and O–H groups in total. The van der Waals surface area contributed by atoms with Crippen molar-refractivity contribution in [1.29, 1.82) is 0 Å². The molecule has 0 aromatic heterocycles. The first-order valence-corrected chi connectivity index (χ1v) is 1.85. The van der Waals surface area contributed by atoms with Crippen LogP contribution in [0.15, 0.2) is 0 Å². The molecule has 0 aromatic carbocycles. The Balaban J connectivity index is -0.000000125. The molecule has 2 nitrogen and oxygen atoms in total. The maximum atomic E-state index is 9.59. The Morgan fingerprint density at radius 1 is 1.38 bits per heavy atom. The molecule has 0 saturated carbocycles. The van der Waals surface area contributed by atoms with E-state index >= 15 is 0 Å². The number of aliphatic carboxylic acids is 1. The van der Waals surface area contributed by atoms with Gasteiger partial charge in [0, 0.05) is 5.97 Å². The van der Waals surface area contributed by atoms with Crippen molar-refractivity contribution in [1.82, 2.24) is 0 Å². The highest BCUT2D eigenvalue weighted by atomic mass is 35.5. The SMILES string of the molecule is CC(C)C(=O)[O-].Cl.Cl. The van der Waals surface area contributed by atoms with Crippen LogP contribution in [-0.2, 0) is 4.79 Å². The standard InChI is InChI=1S/C4H8O2.2ClH/c1-3(2)4(5)6;;/h3H,1-2H3,(H,5,6);2*1H/p-1. The zero-order valence-corrected chi connectivity index (χ0v) is 6.34. The van der Waals surface area contributed by atoms with E-state index < -0.39 is 5.97 Å². The van der Waals surface area contributed by atoms with Crippen LogP contribution in [0.4, 0.5) is 0 Å². The second-order valence-corrected chi connectivity index (χ2v) is 1.47. The number of carbonyl (C=O) groups excluding carboxylic acids is 1. The second kappa shape index (κ2) is 7.05. The molecule has 0 unspecified atom stereocenters. The minimum atomic E-state index is -0.991. The van der Waals surface area contributed by atoms with Gasteiger partial charge in [0.25, 0.3) is 0 Å². The quantitative estimate of drug-likeness (QED) is 0.551. The third-order valence-corrected chi connectivity index (χ3v) is 0.471. The first-order valence-electron chi connectivity index (χ1n) is 1.85. The highest BCUT2D eigenvalue weighted by Crippen LogP contribution is 1.83. The molecule has 0 aliphatic rings. The van der Waals surface area contributed by atoms with Gasteiger partial charge in [-0.3, -0.25) is 0 Å². The molecule has 0 aliphatic carbocycles. The second-order valence-electron chi connectivity index (χ2n) is 1.47. The normalized spacial score (nSPS) is 6.88. The molecule has 0 spiro atoms. The molecule has 0 bridgehead atoms. The molecule has 0 aliphatic heterocycles. The van der Waals surface area contributed by atoms with Gasteiger partial charge >= 0.3 is 0 Å². The summed E-state index contributed by atoms with van der Waals surface area (Å²) in [6, 6.07) is 0. The van der Waals surface area contributed by atoms with Crippen LogP contribution >= 0.6 is 24.8 Å². The predicted molar refractivity (Wildman–Crippen MR) is 34.3 cm³/mol. The van der Waals surface area contributed by atoms with Crippen molar-refractivity contribution in [3.05, 3.63) is 0 Å². The maximum absolute atomic E-state index is 9.59. The van der Waals surface area contributed by atoms with E-state index in [4.69, 9.17) is 0 Å². The Bertz CT molecular complexity index is 63.1. The summed E-state index contributed by atoms with van der Waals surface area (Å²) >= 11 is 0. The fraction of sp³-hybridized carbons (Fsp3) is 0.750. The van der Waals surface area contributed by atoms with Gasteiger partial charge in [0.2, 0.25) is 0 Å². The van der Waals surface area contributed by atoms with Crippen molar-refractivity contribution in [2.75, 3.05) is 0 Å². The monoisotopic (exact) mass is 159 g/mol. The van der Waals surface area contributed by atoms with Gasteiger partial charge in [0.1, 0.15) is 0 Å². The zero-order chi connectivity index (χ0) is 5.15. The molecule has 0 heterocycles.